The minimum atomic E-state index is -4.04. The van der Waals surface area contributed by atoms with E-state index in [1.807, 2.05) is 0 Å². The summed E-state index contributed by atoms with van der Waals surface area (Å²) in [5.74, 6) is -2.88. The smallest absolute Gasteiger partial charge is 0.206 e. The molecule has 0 spiro atoms. The molecular formula is C14H11O6S2-. The molecule has 0 amide bonds. The first-order chi connectivity index (χ1) is 10.2. The lowest BCUT2D eigenvalue weighted by Gasteiger charge is -2.07. The van der Waals surface area contributed by atoms with Gasteiger partial charge in [0.1, 0.15) is 0 Å². The summed E-state index contributed by atoms with van der Waals surface area (Å²) >= 11 is 0. The van der Waals surface area contributed by atoms with Crippen molar-refractivity contribution < 1.29 is 26.7 Å². The van der Waals surface area contributed by atoms with E-state index in [4.69, 9.17) is 0 Å². The van der Waals surface area contributed by atoms with Crippen LogP contribution in [0, 0.1) is 0 Å². The Kier molecular flexibility index (Phi) is 4.34. The van der Waals surface area contributed by atoms with Crippen molar-refractivity contribution in [2.24, 2.45) is 0 Å². The average Bonchev–Trinajstić information content (AvgIpc) is 2.47. The van der Waals surface area contributed by atoms with Gasteiger partial charge in [-0.3, -0.25) is 0 Å². The molecule has 2 aromatic carbocycles. The molecule has 0 bridgehead atoms. The molecule has 116 valence electrons. The maximum atomic E-state index is 12.3. The maximum Gasteiger partial charge on any atom is 0.206 e. The van der Waals surface area contributed by atoms with Gasteiger partial charge in [-0.2, -0.15) is 0 Å². The van der Waals surface area contributed by atoms with Crippen LogP contribution in [0.3, 0.4) is 0 Å². The number of benzene rings is 2. The number of hydrogen-bond acceptors (Lipinski definition) is 6. The molecule has 6 nitrogen and oxygen atoms in total. The quantitative estimate of drug-likeness (QED) is 0.761. The zero-order chi connectivity index (χ0) is 16.4. The van der Waals surface area contributed by atoms with Crippen LogP contribution in [0.15, 0.2) is 69.3 Å². The fourth-order valence-electron chi connectivity index (χ4n) is 1.80. The molecule has 8 heteroatoms. The van der Waals surface area contributed by atoms with E-state index in [0.29, 0.717) is 0 Å². The topological polar surface area (TPSA) is 108 Å². The molecule has 22 heavy (non-hydrogen) atoms. The zero-order valence-electron chi connectivity index (χ0n) is 11.2. The van der Waals surface area contributed by atoms with Gasteiger partial charge in [-0.15, -0.1) is 0 Å². The summed E-state index contributed by atoms with van der Waals surface area (Å²) in [6.45, 7) is 0. The molecule has 0 aliphatic heterocycles. The highest BCUT2D eigenvalue weighted by molar-refractivity contribution is 7.92. The molecule has 0 saturated carbocycles. The molecule has 0 aliphatic carbocycles. The Morgan fingerprint density at radius 3 is 1.73 bits per heavy atom. The lowest BCUT2D eigenvalue weighted by atomic mass is 10.4. The van der Waals surface area contributed by atoms with E-state index < -0.39 is 31.4 Å². The standard InChI is InChI=1S/C14H12O6S2/c15-14(16)10-21(17,18)11-6-8-13(9-7-11)22(19,20)12-4-2-1-3-5-12/h1-9H,10H2,(H,15,16)/p-1. The number of carbonyl (C=O) groups excluding carboxylic acids is 1. The summed E-state index contributed by atoms with van der Waals surface area (Å²) in [6.07, 6.45) is 0. The van der Waals surface area contributed by atoms with Crippen molar-refractivity contribution in [3.05, 3.63) is 54.6 Å². The SMILES string of the molecule is O=C([O-])CS(=O)(=O)c1ccc(S(=O)(=O)c2ccccc2)cc1. The van der Waals surface area contributed by atoms with Crippen molar-refractivity contribution in [1.82, 2.24) is 0 Å². The summed E-state index contributed by atoms with van der Waals surface area (Å²) in [7, 11) is -7.79. The number of sulfone groups is 2. The van der Waals surface area contributed by atoms with Gasteiger partial charge in [-0.1, -0.05) is 18.2 Å². The fourth-order valence-corrected chi connectivity index (χ4v) is 4.11. The van der Waals surface area contributed by atoms with Crippen LogP contribution in [0.4, 0.5) is 0 Å². The molecule has 0 radical (unpaired) electrons. The largest absolute Gasteiger partial charge is 0.549 e. The van der Waals surface area contributed by atoms with Gasteiger partial charge in [-0.05, 0) is 36.4 Å². The molecule has 0 aromatic heterocycles. The van der Waals surface area contributed by atoms with Gasteiger partial charge in [0.2, 0.25) is 9.84 Å². The highest BCUT2D eigenvalue weighted by Crippen LogP contribution is 2.22. The van der Waals surface area contributed by atoms with Gasteiger partial charge >= 0.3 is 0 Å². The summed E-state index contributed by atoms with van der Waals surface area (Å²) < 4.78 is 48.0. The van der Waals surface area contributed by atoms with Crippen molar-refractivity contribution in [3.8, 4) is 0 Å². The molecular weight excluding hydrogens is 328 g/mol. The second kappa shape index (κ2) is 5.90. The van der Waals surface area contributed by atoms with Gasteiger partial charge in [-0.25, -0.2) is 16.8 Å². The summed E-state index contributed by atoms with van der Waals surface area (Å²) in [4.78, 5) is 10.1. The lowest BCUT2D eigenvalue weighted by molar-refractivity contribution is -0.301. The first-order valence-corrected chi connectivity index (χ1v) is 9.20. The predicted molar refractivity (Wildman–Crippen MR) is 75.4 cm³/mol. The van der Waals surface area contributed by atoms with Gasteiger partial charge in [0, 0.05) is 0 Å². The summed E-state index contributed by atoms with van der Waals surface area (Å²) in [5, 5.41) is 10.4. The molecule has 0 heterocycles. The zero-order valence-corrected chi connectivity index (χ0v) is 12.8. The highest BCUT2D eigenvalue weighted by Gasteiger charge is 2.19. The van der Waals surface area contributed by atoms with Crippen LogP contribution < -0.4 is 5.11 Å². The molecule has 0 saturated heterocycles. The third-order valence-electron chi connectivity index (χ3n) is 2.85. The van der Waals surface area contributed by atoms with E-state index in [9.17, 15) is 26.7 Å². The minimum Gasteiger partial charge on any atom is -0.549 e. The molecule has 0 fully saturated rings. The number of carboxylic acid groups (broad SMARTS) is 1. The second-order valence-corrected chi connectivity index (χ2v) is 8.36. The molecule has 0 aliphatic rings. The molecule has 0 N–H and O–H groups in total. The normalized spacial score (nSPS) is 12.0. The maximum absolute atomic E-state index is 12.3. The lowest BCUT2D eigenvalue weighted by Crippen LogP contribution is -2.30. The first-order valence-electron chi connectivity index (χ1n) is 6.06. The van der Waals surface area contributed by atoms with E-state index >= 15 is 0 Å². The second-order valence-electron chi connectivity index (χ2n) is 4.42. The Hall–Kier alpha value is -2.19. The third-order valence-corrected chi connectivity index (χ3v) is 6.25. The number of hydrogen-bond donors (Lipinski definition) is 0. The van der Waals surface area contributed by atoms with Crippen molar-refractivity contribution in [3.63, 3.8) is 0 Å². The monoisotopic (exact) mass is 339 g/mol. The van der Waals surface area contributed by atoms with Crippen molar-refractivity contribution in [1.29, 1.82) is 0 Å². The van der Waals surface area contributed by atoms with Crippen molar-refractivity contribution >= 4 is 25.6 Å². The van der Waals surface area contributed by atoms with E-state index in [2.05, 4.69) is 0 Å². The fraction of sp³-hybridized carbons (Fsp3) is 0.0714. The molecule has 0 unspecified atom stereocenters. The van der Waals surface area contributed by atoms with Crippen LogP contribution in [-0.4, -0.2) is 28.6 Å². The summed E-state index contributed by atoms with van der Waals surface area (Å²) in [6, 6.07) is 12.1. The highest BCUT2D eigenvalue weighted by atomic mass is 32.2. The van der Waals surface area contributed by atoms with Crippen LogP contribution in [0.5, 0.6) is 0 Å². The van der Waals surface area contributed by atoms with Crippen LogP contribution in [-0.2, 0) is 24.5 Å². The average molecular weight is 339 g/mol. The Labute approximate surface area is 127 Å². The van der Waals surface area contributed by atoms with Crippen LogP contribution in [0.1, 0.15) is 0 Å². The minimum absolute atomic E-state index is 0.0777. The van der Waals surface area contributed by atoms with Crippen LogP contribution in [0.2, 0.25) is 0 Å². The molecule has 0 atom stereocenters. The summed E-state index contributed by atoms with van der Waals surface area (Å²) in [5.41, 5.74) is 0. The van der Waals surface area contributed by atoms with Gasteiger partial charge in [0.25, 0.3) is 0 Å². The van der Waals surface area contributed by atoms with Crippen molar-refractivity contribution in [2.75, 3.05) is 5.75 Å². The van der Waals surface area contributed by atoms with Crippen molar-refractivity contribution in [2.45, 2.75) is 14.7 Å². The number of carbonyl (C=O) groups is 1. The van der Waals surface area contributed by atoms with Gasteiger partial charge in [0.05, 0.1) is 26.4 Å². The van der Waals surface area contributed by atoms with Crippen LogP contribution in [0.25, 0.3) is 0 Å². The van der Waals surface area contributed by atoms with Gasteiger partial charge in [0.15, 0.2) is 9.84 Å². The molecule has 2 rings (SSSR count). The Balaban J connectivity index is 2.40. The first kappa shape index (κ1) is 16.2. The Bertz CT molecular complexity index is 882. The van der Waals surface area contributed by atoms with E-state index in [1.165, 1.54) is 12.1 Å². The van der Waals surface area contributed by atoms with E-state index in [1.54, 1.807) is 18.2 Å². The number of aliphatic carboxylic acids is 1. The van der Waals surface area contributed by atoms with E-state index in [0.717, 1.165) is 24.3 Å². The third kappa shape index (κ3) is 3.34. The van der Waals surface area contributed by atoms with Crippen LogP contribution >= 0.6 is 0 Å². The predicted octanol–water partition coefficient (Wildman–Crippen LogP) is 0.0430. The molecule has 2 aromatic rings. The Morgan fingerprint density at radius 1 is 0.773 bits per heavy atom. The van der Waals surface area contributed by atoms with Gasteiger partial charge < -0.3 is 9.90 Å². The van der Waals surface area contributed by atoms with E-state index in [-0.39, 0.29) is 14.7 Å². The number of rotatable bonds is 5. The number of carboxylic acids is 1. The Morgan fingerprint density at radius 2 is 1.23 bits per heavy atom.